The predicted octanol–water partition coefficient (Wildman–Crippen LogP) is 3.37. The van der Waals surface area contributed by atoms with Crippen molar-refractivity contribution in [3.05, 3.63) is 47.5 Å². The molecule has 10 heteroatoms. The third-order valence-corrected chi connectivity index (χ3v) is 6.03. The second-order valence-electron chi connectivity index (χ2n) is 8.36. The molecule has 8 nitrogen and oxygen atoms in total. The zero-order valence-corrected chi connectivity index (χ0v) is 18.0. The molecule has 2 aliphatic rings. The average molecular weight is 441 g/mol. The van der Waals surface area contributed by atoms with Crippen molar-refractivity contribution < 1.29 is 13.6 Å². The summed E-state index contributed by atoms with van der Waals surface area (Å²) in [5.41, 5.74) is 3.04. The molecule has 0 unspecified atom stereocenters. The van der Waals surface area contributed by atoms with Gasteiger partial charge in [-0.3, -0.25) is 4.90 Å². The third kappa shape index (κ3) is 3.64. The Balaban J connectivity index is 1.43. The topological polar surface area (TPSA) is 77.8 Å². The number of fused-ring (bicyclic) bond motifs is 2. The number of pyridine rings is 2. The molecule has 0 spiro atoms. The third-order valence-electron chi connectivity index (χ3n) is 6.03. The molecular weight excluding hydrogens is 416 g/mol. The molecule has 1 saturated heterocycles. The van der Waals surface area contributed by atoms with Gasteiger partial charge in [0.2, 0.25) is 0 Å². The molecule has 2 N–H and O–H groups in total. The van der Waals surface area contributed by atoms with Gasteiger partial charge in [-0.25, -0.2) is 23.5 Å². The molecule has 0 bridgehead atoms. The van der Waals surface area contributed by atoms with Gasteiger partial charge < -0.3 is 19.9 Å². The zero-order chi connectivity index (χ0) is 22.4. The van der Waals surface area contributed by atoms with Gasteiger partial charge in [-0.15, -0.1) is 0 Å². The van der Waals surface area contributed by atoms with Gasteiger partial charge in [0.25, 0.3) is 6.43 Å². The number of hydrogen-bond donors (Lipinski definition) is 2. The highest BCUT2D eigenvalue weighted by Gasteiger charge is 2.31. The van der Waals surface area contributed by atoms with Crippen LogP contribution in [0.3, 0.4) is 0 Å². The highest BCUT2D eigenvalue weighted by atomic mass is 19.3. The fourth-order valence-corrected chi connectivity index (χ4v) is 4.56. The number of carbonyl (C=O) groups excluding carboxylic acids is 1. The number of piperazine rings is 1. The first-order valence-electron chi connectivity index (χ1n) is 10.7. The Hall–Kier alpha value is -3.27. The monoisotopic (exact) mass is 441 g/mol. The van der Waals surface area contributed by atoms with Crippen molar-refractivity contribution in [2.75, 3.05) is 41.3 Å². The van der Waals surface area contributed by atoms with E-state index in [9.17, 15) is 13.6 Å². The first-order chi connectivity index (χ1) is 15.4. The molecule has 2 aliphatic heterocycles. The Labute approximate surface area is 184 Å². The number of nitrogens with one attached hydrogen (secondary N) is 2. The van der Waals surface area contributed by atoms with Crippen LogP contribution >= 0.6 is 0 Å². The lowest BCUT2D eigenvalue weighted by atomic mass is 10.1. The van der Waals surface area contributed by atoms with Gasteiger partial charge in [0.1, 0.15) is 11.5 Å². The van der Waals surface area contributed by atoms with Crippen molar-refractivity contribution in [2.24, 2.45) is 0 Å². The summed E-state index contributed by atoms with van der Waals surface area (Å²) < 4.78 is 29.0. The van der Waals surface area contributed by atoms with Gasteiger partial charge in [0.15, 0.2) is 0 Å². The minimum atomic E-state index is -2.74. The van der Waals surface area contributed by atoms with Crippen molar-refractivity contribution in [2.45, 2.75) is 32.7 Å². The number of aryl methyl sites for hydroxylation is 1. The molecule has 5 heterocycles. The molecular formula is C22H25F2N7O. The minimum Gasteiger partial charge on any atom is -0.368 e. The highest BCUT2D eigenvalue weighted by molar-refractivity contribution is 6.03. The fraction of sp³-hybridized carbons (Fsp3) is 0.409. The molecule has 0 radical (unpaired) electrons. The van der Waals surface area contributed by atoms with E-state index in [2.05, 4.69) is 32.4 Å². The molecule has 1 fully saturated rings. The summed E-state index contributed by atoms with van der Waals surface area (Å²) >= 11 is 0. The van der Waals surface area contributed by atoms with Crippen LogP contribution in [-0.2, 0) is 6.42 Å². The van der Waals surface area contributed by atoms with E-state index in [1.807, 2.05) is 6.07 Å². The summed E-state index contributed by atoms with van der Waals surface area (Å²) in [6.45, 7) is 7.04. The van der Waals surface area contributed by atoms with Crippen molar-refractivity contribution in [1.29, 1.82) is 0 Å². The maximum atomic E-state index is 13.7. The van der Waals surface area contributed by atoms with Gasteiger partial charge in [-0.2, -0.15) is 0 Å². The number of anilines is 3. The summed E-state index contributed by atoms with van der Waals surface area (Å²) in [7, 11) is 0. The summed E-state index contributed by atoms with van der Waals surface area (Å²) in [6, 6.07) is 3.21. The van der Waals surface area contributed by atoms with E-state index >= 15 is 0 Å². The predicted molar refractivity (Wildman–Crippen MR) is 119 cm³/mol. The van der Waals surface area contributed by atoms with Crippen molar-refractivity contribution in [3.8, 4) is 0 Å². The fourth-order valence-electron chi connectivity index (χ4n) is 4.56. The number of imidazole rings is 1. The second kappa shape index (κ2) is 8.01. The van der Waals surface area contributed by atoms with Crippen LogP contribution in [0.1, 0.15) is 30.2 Å². The van der Waals surface area contributed by atoms with Gasteiger partial charge in [0.05, 0.1) is 11.4 Å². The quantitative estimate of drug-likeness (QED) is 0.652. The Morgan fingerprint density at radius 2 is 2.16 bits per heavy atom. The summed E-state index contributed by atoms with van der Waals surface area (Å²) in [6.07, 6.45) is 2.85. The number of carbonyl (C=O) groups is 1. The Morgan fingerprint density at radius 1 is 1.31 bits per heavy atom. The lowest BCUT2D eigenvalue weighted by Gasteiger charge is -2.34. The average Bonchev–Trinajstić information content (AvgIpc) is 3.35. The number of nitrogens with zero attached hydrogens (tertiary/aromatic N) is 5. The van der Waals surface area contributed by atoms with Crippen molar-refractivity contribution >= 4 is 28.9 Å². The van der Waals surface area contributed by atoms with E-state index in [1.165, 1.54) is 17.2 Å². The van der Waals surface area contributed by atoms with Gasteiger partial charge in [-0.1, -0.05) is 0 Å². The number of alkyl halides is 2. The van der Waals surface area contributed by atoms with Crippen LogP contribution in [0.4, 0.5) is 30.8 Å². The number of urea groups is 1. The molecule has 168 valence electrons. The highest BCUT2D eigenvalue weighted by Crippen LogP contribution is 2.35. The Kier molecular flexibility index (Phi) is 5.16. The van der Waals surface area contributed by atoms with Crippen LogP contribution in [0.15, 0.2) is 30.7 Å². The van der Waals surface area contributed by atoms with Gasteiger partial charge in [0, 0.05) is 67.6 Å². The number of hydrogen-bond acceptors (Lipinski definition) is 5. The number of aromatic nitrogens is 3. The summed E-state index contributed by atoms with van der Waals surface area (Å²) in [5.74, 6) is 0.587. The lowest BCUT2D eigenvalue weighted by Crippen LogP contribution is -2.49. The van der Waals surface area contributed by atoms with Crippen LogP contribution in [0, 0.1) is 6.92 Å². The molecule has 0 aromatic carbocycles. The largest absolute Gasteiger partial charge is 0.368 e. The van der Waals surface area contributed by atoms with Crippen LogP contribution in [-0.4, -0.2) is 52.6 Å². The molecule has 2 amide bonds. The molecule has 5 rings (SSSR count). The molecule has 1 atom stereocenters. The van der Waals surface area contributed by atoms with E-state index in [1.54, 1.807) is 23.7 Å². The SMILES string of the molecule is Cc1cn2cc(NC(=O)N3CCc4c(N5CCN[C@@H](C)C5)ccnc43)c(C(F)F)cc2n1. The van der Waals surface area contributed by atoms with Crippen LogP contribution in [0.25, 0.3) is 5.65 Å². The van der Waals surface area contributed by atoms with E-state index in [0.29, 0.717) is 36.2 Å². The first-order valence-corrected chi connectivity index (χ1v) is 10.7. The second-order valence-corrected chi connectivity index (χ2v) is 8.36. The van der Waals surface area contributed by atoms with Gasteiger partial charge >= 0.3 is 6.03 Å². The molecule has 0 aliphatic carbocycles. The van der Waals surface area contributed by atoms with E-state index in [0.717, 1.165) is 30.9 Å². The van der Waals surface area contributed by atoms with Crippen LogP contribution in [0.2, 0.25) is 0 Å². The van der Waals surface area contributed by atoms with Gasteiger partial charge in [-0.05, 0) is 32.4 Å². The van der Waals surface area contributed by atoms with E-state index in [4.69, 9.17) is 0 Å². The van der Waals surface area contributed by atoms with Crippen LogP contribution in [0.5, 0.6) is 0 Å². The van der Waals surface area contributed by atoms with Crippen molar-refractivity contribution in [3.63, 3.8) is 0 Å². The number of rotatable bonds is 3. The standard InChI is InChI=1S/C22H25F2N7O/c1-13-10-29(8-6-25-13)18-3-5-26-21-15(18)4-7-31(21)22(32)28-17-12-30-11-14(2)27-19(30)9-16(17)20(23)24/h3,5,9,11-13,20,25H,4,6-8,10H2,1-2H3,(H,28,32)/t13-/m0/s1. The summed E-state index contributed by atoms with van der Waals surface area (Å²) in [5, 5.41) is 6.11. The Morgan fingerprint density at radius 3 is 2.94 bits per heavy atom. The Bertz CT molecular complexity index is 1180. The maximum Gasteiger partial charge on any atom is 0.327 e. The maximum absolute atomic E-state index is 13.7. The van der Waals surface area contributed by atoms with Crippen molar-refractivity contribution in [1.82, 2.24) is 19.7 Å². The normalized spacial score (nSPS) is 18.5. The van der Waals surface area contributed by atoms with Crippen LogP contribution < -0.4 is 20.4 Å². The lowest BCUT2D eigenvalue weighted by molar-refractivity contribution is 0.152. The number of amides is 2. The first kappa shape index (κ1) is 20.6. The molecule has 3 aromatic heterocycles. The molecule has 0 saturated carbocycles. The molecule has 3 aromatic rings. The smallest absolute Gasteiger partial charge is 0.327 e. The molecule has 32 heavy (non-hydrogen) atoms. The van der Waals surface area contributed by atoms with E-state index in [-0.39, 0.29) is 11.3 Å². The summed E-state index contributed by atoms with van der Waals surface area (Å²) in [4.78, 5) is 25.6. The zero-order valence-electron chi connectivity index (χ0n) is 18.0. The number of halogens is 2. The minimum absolute atomic E-state index is 0.0652. The van der Waals surface area contributed by atoms with E-state index < -0.39 is 12.5 Å².